The SMILES string of the molecule is CC(C)(C)OC(=O)NC[C@@H]1CCCNCC1. The molecule has 1 atom stereocenters. The van der Waals surface area contributed by atoms with E-state index in [0.717, 1.165) is 26.1 Å². The van der Waals surface area contributed by atoms with Crippen molar-refractivity contribution in [2.45, 2.75) is 45.6 Å². The van der Waals surface area contributed by atoms with Gasteiger partial charge in [0.2, 0.25) is 0 Å². The topological polar surface area (TPSA) is 50.4 Å². The Balaban J connectivity index is 2.20. The first-order valence-corrected chi connectivity index (χ1v) is 6.15. The monoisotopic (exact) mass is 228 g/mol. The molecule has 0 aromatic carbocycles. The molecule has 1 saturated heterocycles. The minimum absolute atomic E-state index is 0.301. The number of nitrogens with one attached hydrogen (secondary N) is 2. The van der Waals surface area contributed by atoms with Gasteiger partial charge in [0.25, 0.3) is 0 Å². The van der Waals surface area contributed by atoms with E-state index in [2.05, 4.69) is 10.6 Å². The highest BCUT2D eigenvalue weighted by molar-refractivity contribution is 5.67. The summed E-state index contributed by atoms with van der Waals surface area (Å²) in [7, 11) is 0. The zero-order chi connectivity index (χ0) is 12.0. The third kappa shape index (κ3) is 5.95. The lowest BCUT2D eigenvalue weighted by Gasteiger charge is -2.21. The molecule has 94 valence electrons. The van der Waals surface area contributed by atoms with Crippen molar-refractivity contribution in [1.82, 2.24) is 10.6 Å². The molecule has 0 aromatic heterocycles. The van der Waals surface area contributed by atoms with Gasteiger partial charge in [-0.2, -0.15) is 0 Å². The first-order chi connectivity index (χ1) is 7.47. The average Bonchev–Trinajstić information content (AvgIpc) is 2.39. The molecule has 1 heterocycles. The third-order valence-electron chi connectivity index (χ3n) is 2.63. The van der Waals surface area contributed by atoms with Crippen LogP contribution in [-0.2, 0) is 4.74 Å². The highest BCUT2D eigenvalue weighted by atomic mass is 16.6. The van der Waals surface area contributed by atoms with Crippen LogP contribution in [0.1, 0.15) is 40.0 Å². The molecule has 4 nitrogen and oxygen atoms in total. The van der Waals surface area contributed by atoms with E-state index in [4.69, 9.17) is 4.74 Å². The zero-order valence-electron chi connectivity index (χ0n) is 10.6. The lowest BCUT2D eigenvalue weighted by molar-refractivity contribution is 0.0518. The average molecular weight is 228 g/mol. The van der Waals surface area contributed by atoms with Gasteiger partial charge in [0.15, 0.2) is 0 Å². The number of amides is 1. The summed E-state index contributed by atoms with van der Waals surface area (Å²) in [5, 5.41) is 6.21. The van der Waals surface area contributed by atoms with Crippen LogP contribution in [0.5, 0.6) is 0 Å². The maximum absolute atomic E-state index is 11.4. The molecule has 0 saturated carbocycles. The number of hydrogen-bond donors (Lipinski definition) is 2. The van der Waals surface area contributed by atoms with Gasteiger partial charge in [-0.25, -0.2) is 4.79 Å². The predicted octanol–water partition coefficient (Wildman–Crippen LogP) is 1.90. The molecule has 1 aliphatic rings. The molecule has 0 radical (unpaired) electrons. The Morgan fingerprint density at radius 1 is 1.38 bits per heavy atom. The lowest BCUT2D eigenvalue weighted by Crippen LogP contribution is -2.35. The van der Waals surface area contributed by atoms with Crippen molar-refractivity contribution in [2.75, 3.05) is 19.6 Å². The van der Waals surface area contributed by atoms with Gasteiger partial charge < -0.3 is 15.4 Å². The smallest absolute Gasteiger partial charge is 0.407 e. The molecular weight excluding hydrogens is 204 g/mol. The molecule has 4 heteroatoms. The molecule has 1 fully saturated rings. The van der Waals surface area contributed by atoms with Crippen LogP contribution in [0.4, 0.5) is 4.79 Å². The van der Waals surface area contributed by atoms with Crippen molar-refractivity contribution in [3.05, 3.63) is 0 Å². The largest absolute Gasteiger partial charge is 0.444 e. The number of alkyl carbamates (subject to hydrolysis) is 1. The van der Waals surface area contributed by atoms with E-state index in [1.807, 2.05) is 20.8 Å². The first kappa shape index (κ1) is 13.3. The zero-order valence-corrected chi connectivity index (χ0v) is 10.6. The highest BCUT2D eigenvalue weighted by Gasteiger charge is 2.17. The van der Waals surface area contributed by atoms with Crippen molar-refractivity contribution >= 4 is 6.09 Å². The second-order valence-corrected chi connectivity index (χ2v) is 5.43. The summed E-state index contributed by atoms with van der Waals surface area (Å²) in [6.45, 7) is 8.52. The van der Waals surface area contributed by atoms with E-state index in [1.54, 1.807) is 0 Å². The quantitative estimate of drug-likeness (QED) is 0.759. The Morgan fingerprint density at radius 2 is 2.12 bits per heavy atom. The summed E-state index contributed by atoms with van der Waals surface area (Å²) < 4.78 is 5.19. The Bertz CT molecular complexity index is 216. The number of carbonyl (C=O) groups excluding carboxylic acids is 1. The highest BCUT2D eigenvalue weighted by Crippen LogP contribution is 2.12. The maximum Gasteiger partial charge on any atom is 0.407 e. The van der Waals surface area contributed by atoms with E-state index >= 15 is 0 Å². The molecule has 0 bridgehead atoms. The molecule has 1 amide bonds. The second kappa shape index (κ2) is 6.09. The van der Waals surface area contributed by atoms with Gasteiger partial charge in [-0.15, -0.1) is 0 Å². The molecule has 0 unspecified atom stereocenters. The normalized spacial score (nSPS) is 22.3. The summed E-state index contributed by atoms with van der Waals surface area (Å²) in [5.74, 6) is 0.586. The van der Waals surface area contributed by atoms with Gasteiger partial charge in [0, 0.05) is 6.54 Å². The van der Waals surface area contributed by atoms with Crippen LogP contribution in [0.2, 0.25) is 0 Å². The van der Waals surface area contributed by atoms with Crippen LogP contribution in [0, 0.1) is 5.92 Å². The van der Waals surface area contributed by atoms with E-state index in [9.17, 15) is 4.79 Å². The van der Waals surface area contributed by atoms with Crippen LogP contribution in [0.25, 0.3) is 0 Å². The van der Waals surface area contributed by atoms with Gasteiger partial charge in [-0.3, -0.25) is 0 Å². The van der Waals surface area contributed by atoms with Crippen LogP contribution in [-0.4, -0.2) is 31.3 Å². The van der Waals surface area contributed by atoms with Crippen molar-refractivity contribution in [3.8, 4) is 0 Å². The van der Waals surface area contributed by atoms with Gasteiger partial charge in [0.05, 0.1) is 0 Å². The Kier molecular flexibility index (Phi) is 5.06. The number of carbonyl (C=O) groups is 1. The number of hydrogen-bond acceptors (Lipinski definition) is 3. The number of rotatable bonds is 2. The second-order valence-electron chi connectivity index (χ2n) is 5.43. The van der Waals surface area contributed by atoms with Crippen LogP contribution in [0.15, 0.2) is 0 Å². The van der Waals surface area contributed by atoms with Gasteiger partial charge in [-0.05, 0) is 59.0 Å². The Hall–Kier alpha value is -0.770. The molecule has 1 rings (SSSR count). The van der Waals surface area contributed by atoms with Crippen molar-refractivity contribution in [1.29, 1.82) is 0 Å². The van der Waals surface area contributed by atoms with Gasteiger partial charge in [-0.1, -0.05) is 0 Å². The van der Waals surface area contributed by atoms with Gasteiger partial charge >= 0.3 is 6.09 Å². The number of ether oxygens (including phenoxy) is 1. The maximum atomic E-state index is 11.4. The van der Waals surface area contributed by atoms with Crippen LogP contribution in [0.3, 0.4) is 0 Å². The lowest BCUT2D eigenvalue weighted by atomic mass is 10.0. The predicted molar refractivity (Wildman–Crippen MR) is 64.4 cm³/mol. The minimum atomic E-state index is -0.408. The fourth-order valence-electron chi connectivity index (χ4n) is 1.84. The summed E-state index contributed by atoms with van der Waals surface area (Å²) in [4.78, 5) is 11.4. The fraction of sp³-hybridized carbons (Fsp3) is 0.917. The Labute approximate surface area is 98.1 Å². The molecule has 16 heavy (non-hydrogen) atoms. The molecular formula is C12H24N2O2. The van der Waals surface area contributed by atoms with E-state index in [-0.39, 0.29) is 6.09 Å². The standard InChI is InChI=1S/C12H24N2O2/c1-12(2,3)16-11(15)14-9-10-5-4-7-13-8-6-10/h10,13H,4-9H2,1-3H3,(H,14,15)/t10-/m1/s1. The van der Waals surface area contributed by atoms with E-state index in [1.165, 1.54) is 12.8 Å². The summed E-state index contributed by atoms with van der Waals surface area (Å²) >= 11 is 0. The molecule has 0 aromatic rings. The molecule has 0 aliphatic carbocycles. The van der Waals surface area contributed by atoms with Crippen molar-refractivity contribution in [3.63, 3.8) is 0 Å². The van der Waals surface area contributed by atoms with E-state index in [0.29, 0.717) is 5.92 Å². The van der Waals surface area contributed by atoms with E-state index < -0.39 is 5.60 Å². The molecule has 1 aliphatic heterocycles. The molecule has 0 spiro atoms. The molecule has 2 N–H and O–H groups in total. The van der Waals surface area contributed by atoms with Crippen molar-refractivity contribution < 1.29 is 9.53 Å². The van der Waals surface area contributed by atoms with Gasteiger partial charge in [0.1, 0.15) is 5.60 Å². The fourth-order valence-corrected chi connectivity index (χ4v) is 1.84. The first-order valence-electron chi connectivity index (χ1n) is 6.15. The van der Waals surface area contributed by atoms with Crippen molar-refractivity contribution in [2.24, 2.45) is 5.92 Å². The summed E-state index contributed by atoms with van der Waals surface area (Å²) in [5.41, 5.74) is -0.408. The third-order valence-corrected chi connectivity index (χ3v) is 2.63. The Morgan fingerprint density at radius 3 is 2.81 bits per heavy atom. The summed E-state index contributed by atoms with van der Waals surface area (Å²) in [6, 6.07) is 0. The minimum Gasteiger partial charge on any atom is -0.444 e. The van der Waals surface area contributed by atoms with Crippen LogP contribution < -0.4 is 10.6 Å². The van der Waals surface area contributed by atoms with Crippen LogP contribution >= 0.6 is 0 Å². The summed E-state index contributed by atoms with van der Waals surface area (Å²) in [6.07, 6.45) is 3.21.